The van der Waals surface area contributed by atoms with Crippen molar-refractivity contribution >= 4 is 33.7 Å². The third kappa shape index (κ3) is 4.07. The number of carbonyl (C=O) groups excluding carboxylic acids is 2. The number of hydrogen-bond donors (Lipinski definition) is 1. The van der Waals surface area contributed by atoms with Crippen LogP contribution in [0, 0.1) is 0 Å². The molecule has 0 fully saturated rings. The molecular formula is C29H31NO4. The van der Waals surface area contributed by atoms with E-state index < -0.39 is 22.8 Å². The maximum absolute atomic E-state index is 13.6. The zero-order chi connectivity index (χ0) is 24.8. The van der Waals surface area contributed by atoms with E-state index in [1.54, 1.807) is 18.2 Å². The summed E-state index contributed by atoms with van der Waals surface area (Å²) in [6.07, 6.45) is 0. The number of methoxy groups -OCH3 is 1. The molecule has 0 amide bonds. The molecule has 0 atom stereocenters. The number of ether oxygens (including phenoxy) is 2. The molecule has 0 saturated carbocycles. The van der Waals surface area contributed by atoms with Gasteiger partial charge < -0.3 is 14.5 Å². The van der Waals surface area contributed by atoms with Gasteiger partial charge in [0.25, 0.3) is 0 Å². The van der Waals surface area contributed by atoms with E-state index in [1.165, 1.54) is 7.11 Å². The van der Waals surface area contributed by atoms with Gasteiger partial charge in [-0.3, -0.25) is 0 Å². The SMILES string of the molecule is COC(=O)c1ccc(C(=O)Oc2cccc3c2[nH]c2ccccc23)c(C(C)(C)C)c1C(C)(C)C. The average Bonchev–Trinajstić information content (AvgIpc) is 3.16. The molecule has 0 unspecified atom stereocenters. The molecule has 0 saturated heterocycles. The lowest BCUT2D eigenvalue weighted by molar-refractivity contribution is 0.0596. The van der Waals surface area contributed by atoms with Gasteiger partial charge in [-0.2, -0.15) is 0 Å². The van der Waals surface area contributed by atoms with Crippen molar-refractivity contribution in [3.8, 4) is 5.75 Å². The number of para-hydroxylation sites is 2. The highest BCUT2D eigenvalue weighted by Crippen LogP contribution is 2.40. The molecule has 1 heterocycles. The largest absolute Gasteiger partial charge is 0.465 e. The van der Waals surface area contributed by atoms with E-state index in [-0.39, 0.29) is 0 Å². The summed E-state index contributed by atoms with van der Waals surface area (Å²) >= 11 is 0. The molecule has 5 nitrogen and oxygen atoms in total. The number of rotatable bonds is 3. The predicted octanol–water partition coefficient (Wildman–Crippen LogP) is 6.92. The molecule has 0 bridgehead atoms. The van der Waals surface area contributed by atoms with Crippen LogP contribution in [0.2, 0.25) is 0 Å². The van der Waals surface area contributed by atoms with Crippen LogP contribution >= 0.6 is 0 Å². The summed E-state index contributed by atoms with van der Waals surface area (Å²) in [5.74, 6) is -0.413. The first-order chi connectivity index (χ1) is 15.9. The van der Waals surface area contributed by atoms with Crippen LogP contribution in [0.4, 0.5) is 0 Å². The number of benzene rings is 3. The number of nitrogens with one attached hydrogen (secondary N) is 1. The minimum atomic E-state index is -0.460. The Bertz CT molecular complexity index is 1410. The second-order valence-electron chi connectivity index (χ2n) is 10.6. The smallest absolute Gasteiger partial charge is 0.343 e. The van der Waals surface area contributed by atoms with E-state index in [0.717, 1.165) is 32.9 Å². The molecule has 0 aliphatic heterocycles. The van der Waals surface area contributed by atoms with Crippen molar-refractivity contribution in [3.63, 3.8) is 0 Å². The van der Waals surface area contributed by atoms with Crippen LogP contribution in [0.3, 0.4) is 0 Å². The fourth-order valence-electron chi connectivity index (χ4n) is 4.70. The van der Waals surface area contributed by atoms with Crippen LogP contribution < -0.4 is 4.74 Å². The molecule has 1 N–H and O–H groups in total. The Hall–Kier alpha value is -3.60. The molecule has 3 aromatic carbocycles. The Balaban J connectivity index is 1.88. The molecule has 34 heavy (non-hydrogen) atoms. The maximum Gasteiger partial charge on any atom is 0.343 e. The third-order valence-corrected chi connectivity index (χ3v) is 6.04. The van der Waals surface area contributed by atoms with Crippen LogP contribution in [0.1, 0.15) is 73.4 Å². The van der Waals surface area contributed by atoms with Crippen molar-refractivity contribution in [1.29, 1.82) is 0 Å². The van der Waals surface area contributed by atoms with Gasteiger partial charge in [0, 0.05) is 16.3 Å². The molecule has 5 heteroatoms. The summed E-state index contributed by atoms with van der Waals surface area (Å²) in [6.45, 7) is 12.2. The summed E-state index contributed by atoms with van der Waals surface area (Å²) in [6, 6.07) is 17.0. The van der Waals surface area contributed by atoms with E-state index in [9.17, 15) is 9.59 Å². The van der Waals surface area contributed by atoms with Gasteiger partial charge in [-0.1, -0.05) is 71.9 Å². The van der Waals surface area contributed by atoms with Crippen molar-refractivity contribution < 1.29 is 19.1 Å². The van der Waals surface area contributed by atoms with Gasteiger partial charge >= 0.3 is 11.9 Å². The molecular weight excluding hydrogens is 426 g/mol. The Kier molecular flexibility index (Phi) is 5.76. The van der Waals surface area contributed by atoms with E-state index in [1.807, 2.05) is 77.9 Å². The topological polar surface area (TPSA) is 68.4 Å². The molecule has 1 aromatic heterocycles. The van der Waals surface area contributed by atoms with Crippen LogP contribution in [0.5, 0.6) is 5.75 Å². The van der Waals surface area contributed by atoms with Gasteiger partial charge in [-0.05, 0) is 46.2 Å². The summed E-state index contributed by atoms with van der Waals surface area (Å²) in [5, 5.41) is 2.07. The standard InChI is InChI=1S/C29H31NO4/c1-28(2,3)23-19(26(31)33-7)15-16-20(24(23)29(4,5)6)27(32)34-22-14-10-12-18-17-11-8-9-13-21(17)30-25(18)22/h8-16,30H,1-7H3. The lowest BCUT2D eigenvalue weighted by atomic mass is 9.71. The quantitative estimate of drug-likeness (QED) is 0.268. The predicted molar refractivity (Wildman–Crippen MR) is 136 cm³/mol. The van der Waals surface area contributed by atoms with Crippen molar-refractivity contribution in [2.24, 2.45) is 0 Å². The van der Waals surface area contributed by atoms with Gasteiger partial charge in [0.2, 0.25) is 0 Å². The van der Waals surface area contributed by atoms with Gasteiger partial charge in [-0.25, -0.2) is 9.59 Å². The van der Waals surface area contributed by atoms with E-state index in [4.69, 9.17) is 9.47 Å². The number of hydrogen-bond acceptors (Lipinski definition) is 4. The molecule has 0 aliphatic rings. The third-order valence-electron chi connectivity index (χ3n) is 6.04. The zero-order valence-electron chi connectivity index (χ0n) is 20.8. The normalized spacial score (nSPS) is 12.2. The molecule has 176 valence electrons. The monoisotopic (exact) mass is 457 g/mol. The number of H-pyrrole nitrogens is 1. The van der Waals surface area contributed by atoms with Crippen LogP contribution in [-0.2, 0) is 15.6 Å². The number of esters is 2. The summed E-state index contributed by atoms with van der Waals surface area (Å²) in [7, 11) is 1.37. The molecule has 4 aromatic rings. The number of aromatic amines is 1. The zero-order valence-corrected chi connectivity index (χ0v) is 20.8. The Labute approximate surface area is 200 Å². The van der Waals surface area contributed by atoms with Crippen LogP contribution in [0.15, 0.2) is 54.6 Å². The first kappa shape index (κ1) is 23.6. The van der Waals surface area contributed by atoms with Gasteiger partial charge in [0.1, 0.15) is 0 Å². The van der Waals surface area contributed by atoms with Crippen LogP contribution in [0.25, 0.3) is 21.8 Å². The molecule has 4 rings (SSSR count). The molecule has 0 radical (unpaired) electrons. The highest BCUT2D eigenvalue weighted by Gasteiger charge is 2.34. The van der Waals surface area contributed by atoms with Crippen molar-refractivity contribution in [1.82, 2.24) is 4.98 Å². The summed E-state index contributed by atoms with van der Waals surface area (Å²) < 4.78 is 11.0. The fraction of sp³-hybridized carbons (Fsp3) is 0.310. The minimum absolute atomic E-state index is 0.403. The van der Waals surface area contributed by atoms with E-state index in [0.29, 0.717) is 16.9 Å². The second-order valence-corrected chi connectivity index (χ2v) is 10.6. The molecule has 0 spiro atoms. The maximum atomic E-state index is 13.6. The van der Waals surface area contributed by atoms with Gasteiger partial charge in [0.15, 0.2) is 5.75 Å². The lowest BCUT2D eigenvalue weighted by Gasteiger charge is -2.33. The Morgan fingerprint density at radius 2 is 1.26 bits per heavy atom. The van der Waals surface area contributed by atoms with E-state index >= 15 is 0 Å². The first-order valence-corrected chi connectivity index (χ1v) is 11.4. The van der Waals surface area contributed by atoms with Gasteiger partial charge in [0.05, 0.1) is 23.8 Å². The second kappa shape index (κ2) is 8.32. The number of aromatic nitrogens is 1. The van der Waals surface area contributed by atoms with Crippen molar-refractivity contribution in [3.05, 3.63) is 76.9 Å². The summed E-state index contributed by atoms with van der Waals surface area (Å²) in [4.78, 5) is 29.6. The van der Waals surface area contributed by atoms with Crippen molar-refractivity contribution in [2.45, 2.75) is 52.4 Å². The van der Waals surface area contributed by atoms with Gasteiger partial charge in [-0.15, -0.1) is 0 Å². The van der Waals surface area contributed by atoms with Crippen LogP contribution in [-0.4, -0.2) is 24.0 Å². The lowest BCUT2D eigenvalue weighted by Crippen LogP contribution is -2.29. The number of carbonyl (C=O) groups is 2. The minimum Gasteiger partial charge on any atom is -0.465 e. The van der Waals surface area contributed by atoms with Crippen molar-refractivity contribution in [2.75, 3.05) is 7.11 Å². The fourth-order valence-corrected chi connectivity index (χ4v) is 4.70. The summed E-state index contributed by atoms with van der Waals surface area (Å²) in [5.41, 5.74) is 3.42. The number of fused-ring (bicyclic) bond motifs is 3. The highest BCUT2D eigenvalue weighted by atomic mass is 16.5. The first-order valence-electron chi connectivity index (χ1n) is 11.4. The highest BCUT2D eigenvalue weighted by molar-refractivity contribution is 6.10. The van der Waals surface area contributed by atoms with E-state index in [2.05, 4.69) is 4.98 Å². The molecule has 0 aliphatic carbocycles. The Morgan fingerprint density at radius 3 is 1.85 bits per heavy atom. The Morgan fingerprint density at radius 1 is 0.706 bits per heavy atom. The average molecular weight is 458 g/mol.